The van der Waals surface area contributed by atoms with Crippen molar-refractivity contribution in [3.05, 3.63) is 29.8 Å². The van der Waals surface area contributed by atoms with Crippen LogP contribution >= 0.6 is 0 Å². The summed E-state index contributed by atoms with van der Waals surface area (Å²) in [6.45, 7) is 3.59. The highest BCUT2D eigenvalue weighted by atomic mass is 19.4. The van der Waals surface area contributed by atoms with Gasteiger partial charge in [-0.1, -0.05) is 32.0 Å². The molecule has 0 radical (unpaired) electrons. The quantitative estimate of drug-likeness (QED) is 0.812. The van der Waals surface area contributed by atoms with E-state index in [2.05, 4.69) is 4.74 Å². The van der Waals surface area contributed by atoms with Crippen LogP contribution in [0.15, 0.2) is 24.3 Å². The van der Waals surface area contributed by atoms with Gasteiger partial charge in [-0.2, -0.15) is 0 Å². The fourth-order valence-electron chi connectivity index (χ4n) is 2.89. The predicted molar refractivity (Wildman–Crippen MR) is 83.0 cm³/mol. The summed E-state index contributed by atoms with van der Waals surface area (Å²) in [5.74, 6) is -2.61. The number of carboxylic acid groups (broad SMARTS) is 1. The Morgan fingerprint density at radius 3 is 2.52 bits per heavy atom. The van der Waals surface area contributed by atoms with Gasteiger partial charge in [0.05, 0.1) is 0 Å². The average Bonchev–Trinajstić information content (AvgIpc) is 3.24. The summed E-state index contributed by atoms with van der Waals surface area (Å²) >= 11 is 0. The molecule has 25 heavy (non-hydrogen) atoms. The van der Waals surface area contributed by atoms with Crippen molar-refractivity contribution in [3.8, 4) is 5.75 Å². The lowest BCUT2D eigenvalue weighted by atomic mass is 10.1. The van der Waals surface area contributed by atoms with Gasteiger partial charge >= 0.3 is 12.3 Å². The molecule has 0 aliphatic heterocycles. The Hall–Kier alpha value is -2.25. The smallest absolute Gasteiger partial charge is 0.480 e. The molecule has 5 nitrogen and oxygen atoms in total. The van der Waals surface area contributed by atoms with E-state index in [-0.39, 0.29) is 24.1 Å². The summed E-state index contributed by atoms with van der Waals surface area (Å²) < 4.78 is 41.6. The van der Waals surface area contributed by atoms with Gasteiger partial charge in [-0.25, -0.2) is 0 Å². The van der Waals surface area contributed by atoms with E-state index >= 15 is 0 Å². The largest absolute Gasteiger partial charge is 0.573 e. The number of benzene rings is 1. The summed E-state index contributed by atoms with van der Waals surface area (Å²) in [5, 5.41) is 8.96. The molecular formula is C17H20F3NO4. The summed E-state index contributed by atoms with van der Waals surface area (Å²) in [5.41, 5.74) is 0.318. The number of carbonyl (C=O) groups excluding carboxylic acids is 1. The van der Waals surface area contributed by atoms with Crippen molar-refractivity contribution in [1.82, 2.24) is 4.90 Å². The number of para-hydroxylation sites is 1. The van der Waals surface area contributed by atoms with E-state index in [1.54, 1.807) is 6.07 Å². The molecule has 8 heteroatoms. The van der Waals surface area contributed by atoms with E-state index in [0.717, 1.165) is 0 Å². The molecule has 2 rings (SSSR count). The number of alkyl halides is 3. The first-order valence-electron chi connectivity index (χ1n) is 7.93. The van der Waals surface area contributed by atoms with Crippen molar-refractivity contribution >= 4 is 11.9 Å². The van der Waals surface area contributed by atoms with Gasteiger partial charge in [0, 0.05) is 12.5 Å². The summed E-state index contributed by atoms with van der Waals surface area (Å²) in [7, 11) is 0. The number of carboxylic acids is 1. The van der Waals surface area contributed by atoms with Gasteiger partial charge in [0.1, 0.15) is 12.3 Å². The molecule has 0 bridgehead atoms. The molecule has 1 amide bonds. The Morgan fingerprint density at radius 1 is 1.32 bits per heavy atom. The fourth-order valence-corrected chi connectivity index (χ4v) is 2.89. The van der Waals surface area contributed by atoms with Crippen molar-refractivity contribution < 1.29 is 32.6 Å². The van der Waals surface area contributed by atoms with Crippen molar-refractivity contribution in [1.29, 1.82) is 0 Å². The summed E-state index contributed by atoms with van der Waals surface area (Å²) in [4.78, 5) is 24.8. The van der Waals surface area contributed by atoms with Crippen LogP contribution in [-0.2, 0) is 9.59 Å². The van der Waals surface area contributed by atoms with Crippen LogP contribution in [0.4, 0.5) is 13.2 Å². The number of halogens is 3. The maximum atomic E-state index is 12.6. The summed E-state index contributed by atoms with van der Waals surface area (Å²) in [6, 6.07) is 5.73. The van der Waals surface area contributed by atoms with Crippen molar-refractivity contribution in [2.24, 2.45) is 11.8 Å². The van der Waals surface area contributed by atoms with E-state index in [1.807, 2.05) is 13.8 Å². The van der Waals surface area contributed by atoms with Crippen molar-refractivity contribution in [3.63, 3.8) is 0 Å². The second-order valence-corrected chi connectivity index (χ2v) is 6.54. The Balaban J connectivity index is 2.13. The Kier molecular flexibility index (Phi) is 5.59. The van der Waals surface area contributed by atoms with Crippen LogP contribution in [0.1, 0.15) is 31.7 Å². The minimum Gasteiger partial charge on any atom is -0.480 e. The molecular weight excluding hydrogens is 339 g/mol. The van der Waals surface area contributed by atoms with Gasteiger partial charge in [-0.3, -0.25) is 9.59 Å². The zero-order valence-corrected chi connectivity index (χ0v) is 13.9. The standard InChI is InChI=1S/C17H20F3NO4/c1-10(2)8-21(9-15(22)23)16(24)13-7-12(13)11-5-3-4-6-14(11)25-17(18,19)20/h3-6,10,12-13H,7-9H2,1-2H3,(H,22,23). The number of amides is 1. The second-order valence-electron chi connectivity index (χ2n) is 6.54. The van der Waals surface area contributed by atoms with Crippen LogP contribution in [0.2, 0.25) is 0 Å². The molecule has 0 saturated heterocycles. The number of nitrogens with zero attached hydrogens (tertiary/aromatic N) is 1. The van der Waals surface area contributed by atoms with Crippen LogP contribution in [0.5, 0.6) is 5.75 Å². The lowest BCUT2D eigenvalue weighted by Gasteiger charge is -2.23. The van der Waals surface area contributed by atoms with Crippen LogP contribution in [0.25, 0.3) is 0 Å². The molecule has 2 atom stereocenters. The normalized spacial score (nSPS) is 19.6. The molecule has 1 aromatic rings. The lowest BCUT2D eigenvalue weighted by molar-refractivity contribution is -0.274. The molecule has 1 fully saturated rings. The van der Waals surface area contributed by atoms with E-state index in [9.17, 15) is 22.8 Å². The molecule has 1 aliphatic rings. The highest BCUT2D eigenvalue weighted by Gasteiger charge is 2.48. The second kappa shape index (κ2) is 7.33. The van der Waals surface area contributed by atoms with Crippen LogP contribution in [0.3, 0.4) is 0 Å². The summed E-state index contributed by atoms with van der Waals surface area (Å²) in [6.07, 6.45) is -4.43. The van der Waals surface area contributed by atoms with Gasteiger partial charge < -0.3 is 14.7 Å². The number of rotatable bonds is 7. The molecule has 0 spiro atoms. The van der Waals surface area contributed by atoms with Gasteiger partial charge in [0.2, 0.25) is 5.91 Å². The third-order valence-electron chi connectivity index (χ3n) is 3.88. The lowest BCUT2D eigenvalue weighted by Crippen LogP contribution is -2.39. The third kappa shape index (κ3) is 5.37. The Bertz CT molecular complexity index is 645. The molecule has 1 N–H and O–H groups in total. The number of aliphatic carboxylic acids is 1. The molecule has 1 saturated carbocycles. The van der Waals surface area contributed by atoms with Crippen LogP contribution in [0, 0.1) is 11.8 Å². The molecule has 1 aromatic carbocycles. The first kappa shape index (κ1) is 19.1. The van der Waals surface area contributed by atoms with Gasteiger partial charge in [-0.15, -0.1) is 13.2 Å². The zero-order chi connectivity index (χ0) is 18.8. The fraction of sp³-hybridized carbons (Fsp3) is 0.529. The van der Waals surface area contributed by atoms with E-state index in [0.29, 0.717) is 12.0 Å². The average molecular weight is 359 g/mol. The monoisotopic (exact) mass is 359 g/mol. The highest BCUT2D eigenvalue weighted by molar-refractivity contribution is 5.86. The van der Waals surface area contributed by atoms with E-state index < -0.39 is 30.7 Å². The highest BCUT2D eigenvalue weighted by Crippen LogP contribution is 2.51. The Labute approximate surface area is 143 Å². The predicted octanol–water partition coefficient (Wildman–Crippen LogP) is 3.26. The number of hydrogen-bond donors (Lipinski definition) is 1. The minimum absolute atomic E-state index is 0.0846. The molecule has 1 aliphatic carbocycles. The number of carbonyl (C=O) groups is 2. The topological polar surface area (TPSA) is 66.8 Å². The molecule has 0 heterocycles. The van der Waals surface area contributed by atoms with Gasteiger partial charge in [0.25, 0.3) is 0 Å². The molecule has 0 aromatic heterocycles. The van der Waals surface area contributed by atoms with Gasteiger partial charge in [-0.05, 0) is 29.9 Å². The van der Waals surface area contributed by atoms with Gasteiger partial charge in [0.15, 0.2) is 0 Å². The third-order valence-corrected chi connectivity index (χ3v) is 3.88. The van der Waals surface area contributed by atoms with Crippen molar-refractivity contribution in [2.75, 3.05) is 13.1 Å². The maximum absolute atomic E-state index is 12.6. The van der Waals surface area contributed by atoms with E-state index in [4.69, 9.17) is 5.11 Å². The first-order valence-corrected chi connectivity index (χ1v) is 7.93. The number of hydrogen-bond acceptors (Lipinski definition) is 3. The molecule has 2 unspecified atom stereocenters. The number of ether oxygens (including phenoxy) is 1. The van der Waals surface area contributed by atoms with Crippen LogP contribution in [-0.4, -0.2) is 41.3 Å². The van der Waals surface area contributed by atoms with Crippen LogP contribution < -0.4 is 4.74 Å². The van der Waals surface area contributed by atoms with E-state index in [1.165, 1.54) is 23.1 Å². The Morgan fingerprint density at radius 2 is 1.96 bits per heavy atom. The van der Waals surface area contributed by atoms with Crippen molar-refractivity contribution in [2.45, 2.75) is 32.5 Å². The molecule has 138 valence electrons. The minimum atomic E-state index is -4.81. The SMILES string of the molecule is CC(C)CN(CC(=O)O)C(=O)C1CC1c1ccccc1OC(F)(F)F. The maximum Gasteiger partial charge on any atom is 0.573 e. The zero-order valence-electron chi connectivity index (χ0n) is 13.9. The first-order chi connectivity index (χ1) is 11.6.